The molecule has 0 fully saturated rings. The molecule has 4 aromatic rings. The number of anilines is 2. The molecule has 9 rings (SSSR count). The topological polar surface area (TPSA) is 6.48 Å². The molecule has 0 N–H and O–H groups in total. The molecule has 2 heteroatoms. The van der Waals surface area contributed by atoms with Gasteiger partial charge in [-0.3, -0.25) is 0 Å². The van der Waals surface area contributed by atoms with Crippen molar-refractivity contribution >= 4 is 22.5 Å². The van der Waals surface area contributed by atoms with Gasteiger partial charge in [-0.25, -0.2) is 0 Å². The van der Waals surface area contributed by atoms with Crippen LogP contribution in [-0.4, -0.2) is 12.6 Å². The summed E-state index contributed by atoms with van der Waals surface area (Å²) < 4.78 is 0. The highest BCUT2D eigenvalue weighted by Gasteiger charge is 2.42. The first-order valence-corrected chi connectivity index (χ1v) is 19.9. The summed E-state index contributed by atoms with van der Waals surface area (Å²) in [4.78, 5) is 4.94. The summed E-state index contributed by atoms with van der Waals surface area (Å²) in [6, 6.07) is 38.0. The van der Waals surface area contributed by atoms with Gasteiger partial charge in [-0.15, -0.1) is 0 Å². The molecule has 4 atom stereocenters. The monoisotopic (exact) mass is 712 g/mol. The molecule has 4 aliphatic carbocycles. The molecule has 4 aromatic carbocycles. The summed E-state index contributed by atoms with van der Waals surface area (Å²) in [5, 5.41) is 0. The molecule has 0 saturated carbocycles. The fourth-order valence-electron chi connectivity index (χ4n) is 9.19. The van der Waals surface area contributed by atoms with Crippen LogP contribution in [0.1, 0.15) is 50.3 Å². The van der Waals surface area contributed by atoms with Crippen LogP contribution in [0.15, 0.2) is 187 Å². The molecule has 0 radical (unpaired) electrons. The van der Waals surface area contributed by atoms with Crippen molar-refractivity contribution in [3.8, 4) is 23.0 Å². The zero-order chi connectivity index (χ0) is 37.4. The van der Waals surface area contributed by atoms with E-state index in [9.17, 15) is 0 Å². The van der Waals surface area contributed by atoms with E-state index in [0.717, 1.165) is 30.8 Å². The van der Waals surface area contributed by atoms with Crippen LogP contribution in [-0.2, 0) is 5.41 Å². The van der Waals surface area contributed by atoms with Gasteiger partial charge in [0, 0.05) is 34.9 Å². The number of hydrogen-bond donors (Lipinski definition) is 0. The lowest BCUT2D eigenvalue weighted by Gasteiger charge is -2.38. The van der Waals surface area contributed by atoms with Gasteiger partial charge in [0.05, 0.1) is 17.7 Å². The Balaban J connectivity index is 1.02. The third-order valence-corrected chi connectivity index (χ3v) is 12.2. The second-order valence-corrected chi connectivity index (χ2v) is 15.9. The van der Waals surface area contributed by atoms with E-state index in [-0.39, 0.29) is 17.4 Å². The first-order chi connectivity index (χ1) is 27.0. The molecule has 0 bridgehead atoms. The minimum Gasteiger partial charge on any atom is -0.361 e. The second kappa shape index (κ2) is 14.7. The molecule has 0 aromatic heterocycles. The first-order valence-electron chi connectivity index (χ1n) is 19.9. The van der Waals surface area contributed by atoms with Gasteiger partial charge >= 0.3 is 0 Å². The van der Waals surface area contributed by atoms with Crippen molar-refractivity contribution in [1.82, 2.24) is 0 Å². The molecule has 3 unspecified atom stereocenters. The zero-order valence-electron chi connectivity index (χ0n) is 32.1. The summed E-state index contributed by atoms with van der Waals surface area (Å²) >= 11 is 0. The Kier molecular flexibility index (Phi) is 9.25. The summed E-state index contributed by atoms with van der Waals surface area (Å²) in [5.41, 5.74) is 13.7. The highest BCUT2D eigenvalue weighted by atomic mass is 15.2. The van der Waals surface area contributed by atoms with E-state index in [0.29, 0.717) is 11.8 Å². The van der Waals surface area contributed by atoms with Crippen LogP contribution in [0, 0.1) is 29.6 Å². The number of nitrogens with zero attached hydrogens (tertiary/aromatic N) is 2. The largest absolute Gasteiger partial charge is 0.361 e. The maximum Gasteiger partial charge on any atom is 0.0967 e. The third-order valence-electron chi connectivity index (χ3n) is 12.2. The molecular formula is C53H48N2. The molecule has 270 valence electrons. The van der Waals surface area contributed by atoms with E-state index in [1.54, 1.807) is 0 Å². The van der Waals surface area contributed by atoms with Gasteiger partial charge in [-0.05, 0) is 100 Å². The Morgan fingerprint density at radius 3 is 2.27 bits per heavy atom. The van der Waals surface area contributed by atoms with Crippen LogP contribution in [0.5, 0.6) is 0 Å². The number of rotatable bonds is 6. The Bertz CT molecular complexity index is 2400. The van der Waals surface area contributed by atoms with E-state index < -0.39 is 0 Å². The van der Waals surface area contributed by atoms with E-state index in [1.165, 1.54) is 50.3 Å². The maximum absolute atomic E-state index is 3.75. The SMILES string of the molecule is CC1/C=C(c2ccc(N(C3=CC=C4c5ccccc5C(C)(C)C4C#C3)C3=CC=CCC3)cc2)\C=C/CN(c2ccc(-c3ccccc3)cc2)C2C=CC=C[C@H]12. The van der Waals surface area contributed by atoms with E-state index in [1.807, 2.05) is 0 Å². The van der Waals surface area contributed by atoms with E-state index >= 15 is 0 Å². The van der Waals surface area contributed by atoms with Crippen LogP contribution < -0.4 is 9.80 Å². The number of allylic oxidation sites excluding steroid dienone is 13. The van der Waals surface area contributed by atoms with Gasteiger partial charge in [-0.1, -0.05) is 166 Å². The van der Waals surface area contributed by atoms with Crippen molar-refractivity contribution in [1.29, 1.82) is 0 Å². The van der Waals surface area contributed by atoms with Crippen molar-refractivity contribution < 1.29 is 0 Å². The normalized spacial score (nSPS) is 24.7. The van der Waals surface area contributed by atoms with Crippen LogP contribution in [0.4, 0.5) is 11.4 Å². The van der Waals surface area contributed by atoms with Crippen molar-refractivity contribution in [2.75, 3.05) is 16.3 Å². The van der Waals surface area contributed by atoms with Gasteiger partial charge in [0.1, 0.15) is 0 Å². The van der Waals surface area contributed by atoms with Gasteiger partial charge in [0.25, 0.3) is 0 Å². The van der Waals surface area contributed by atoms with Crippen LogP contribution in [0.25, 0.3) is 22.3 Å². The van der Waals surface area contributed by atoms with Crippen molar-refractivity contribution in [2.24, 2.45) is 17.8 Å². The minimum atomic E-state index is -0.0410. The minimum absolute atomic E-state index is 0.0410. The van der Waals surface area contributed by atoms with Gasteiger partial charge in [0.15, 0.2) is 0 Å². The Morgan fingerprint density at radius 2 is 1.47 bits per heavy atom. The lowest BCUT2D eigenvalue weighted by molar-refractivity contribution is 0.445. The maximum atomic E-state index is 3.75. The van der Waals surface area contributed by atoms with Crippen molar-refractivity contribution in [2.45, 2.75) is 45.1 Å². The highest BCUT2D eigenvalue weighted by molar-refractivity contribution is 5.83. The molecule has 0 amide bonds. The second-order valence-electron chi connectivity index (χ2n) is 15.9. The Hall–Kier alpha value is -6.04. The predicted molar refractivity (Wildman–Crippen MR) is 233 cm³/mol. The van der Waals surface area contributed by atoms with Crippen molar-refractivity contribution in [3.05, 3.63) is 204 Å². The molecule has 0 saturated heterocycles. The number of hydrogen-bond acceptors (Lipinski definition) is 2. The molecule has 5 aliphatic rings. The molecule has 55 heavy (non-hydrogen) atoms. The molecule has 1 aliphatic heterocycles. The summed E-state index contributed by atoms with van der Waals surface area (Å²) in [7, 11) is 0. The van der Waals surface area contributed by atoms with Gasteiger partial charge in [0.2, 0.25) is 0 Å². The average molecular weight is 713 g/mol. The lowest BCUT2D eigenvalue weighted by atomic mass is 9.78. The highest BCUT2D eigenvalue weighted by Crippen LogP contribution is 2.50. The average Bonchev–Trinajstić information content (AvgIpc) is 3.32. The van der Waals surface area contributed by atoms with Crippen LogP contribution >= 0.6 is 0 Å². The molecule has 0 spiro atoms. The third kappa shape index (κ3) is 6.59. The molecular weight excluding hydrogens is 665 g/mol. The van der Waals surface area contributed by atoms with Gasteiger partial charge in [-0.2, -0.15) is 0 Å². The smallest absolute Gasteiger partial charge is 0.0967 e. The quantitative estimate of drug-likeness (QED) is 0.184. The number of benzene rings is 4. The fourth-order valence-corrected chi connectivity index (χ4v) is 9.19. The fraction of sp³-hybridized carbons (Fsp3) is 0.208. The van der Waals surface area contributed by atoms with Gasteiger partial charge < -0.3 is 9.80 Å². The van der Waals surface area contributed by atoms with Crippen LogP contribution in [0.2, 0.25) is 0 Å². The first kappa shape index (κ1) is 34.7. The van der Waals surface area contributed by atoms with E-state index in [2.05, 4.69) is 218 Å². The van der Waals surface area contributed by atoms with E-state index in [4.69, 9.17) is 0 Å². The summed E-state index contributed by atoms with van der Waals surface area (Å²) in [6.45, 7) is 7.88. The standard InChI is InChI=1S/C53H48N2/c1-38-37-42(17-14-36-54(52-23-13-11-20-47(38)52)43-28-24-40(25-29-43)39-15-6-4-7-16-39)41-26-30-45(31-27-41)55(44-18-8-5-9-19-44)46-32-34-49-48-21-10-12-22-50(48)53(2,3)51(49)35-33-46/h4-8,10-18,20-32,34,37-38,47,51-52H,9,19,36H2,1-3H3/b17-14-,42-37+/t38?,47-,51?,52?/m1/s1. The van der Waals surface area contributed by atoms with Crippen molar-refractivity contribution in [3.63, 3.8) is 0 Å². The lowest BCUT2D eigenvalue weighted by Crippen LogP contribution is -2.41. The molecule has 1 heterocycles. The summed E-state index contributed by atoms with van der Waals surface area (Å²) in [5.74, 6) is 8.27. The Labute approximate surface area is 327 Å². The summed E-state index contributed by atoms with van der Waals surface area (Å²) in [6.07, 6.45) is 29.6. The molecule has 2 nitrogen and oxygen atoms in total. The number of fused-ring (bicyclic) bond motifs is 4. The zero-order valence-corrected chi connectivity index (χ0v) is 32.1. The predicted octanol–water partition coefficient (Wildman–Crippen LogP) is 12.5. The Morgan fingerprint density at radius 1 is 0.727 bits per heavy atom. The van der Waals surface area contributed by atoms with Crippen LogP contribution in [0.3, 0.4) is 0 Å².